The van der Waals surface area contributed by atoms with Gasteiger partial charge in [-0.3, -0.25) is 19.3 Å². The van der Waals surface area contributed by atoms with Gasteiger partial charge in [-0.25, -0.2) is 0 Å². The minimum atomic E-state index is -0.0766. The number of benzene rings is 1. The van der Waals surface area contributed by atoms with Crippen molar-refractivity contribution >= 4 is 23.4 Å². The number of nitrogens with zero attached hydrogens (tertiary/aromatic N) is 1. The van der Waals surface area contributed by atoms with Crippen LogP contribution >= 0.6 is 0 Å². The number of amides is 3. The van der Waals surface area contributed by atoms with E-state index < -0.39 is 0 Å². The fourth-order valence-electron chi connectivity index (χ4n) is 2.50. The second-order valence-electron chi connectivity index (χ2n) is 5.53. The summed E-state index contributed by atoms with van der Waals surface area (Å²) in [4.78, 5) is 36.0. The first-order valence-corrected chi connectivity index (χ1v) is 7.87. The van der Waals surface area contributed by atoms with Gasteiger partial charge < -0.3 is 10.1 Å². The van der Waals surface area contributed by atoms with E-state index in [0.717, 1.165) is 30.7 Å². The number of anilines is 1. The summed E-state index contributed by atoms with van der Waals surface area (Å²) >= 11 is 0. The van der Waals surface area contributed by atoms with Crippen molar-refractivity contribution < 1.29 is 19.1 Å². The van der Waals surface area contributed by atoms with E-state index in [2.05, 4.69) is 5.32 Å². The Balaban J connectivity index is 1.61. The zero-order valence-electron chi connectivity index (χ0n) is 13.3. The fourth-order valence-corrected chi connectivity index (χ4v) is 2.50. The number of imide groups is 1. The molecule has 0 bridgehead atoms. The average molecular weight is 318 g/mol. The van der Waals surface area contributed by atoms with Crippen LogP contribution < -0.4 is 10.1 Å². The highest BCUT2D eigenvalue weighted by Gasteiger charge is 2.27. The number of nitrogens with one attached hydrogen (secondary N) is 1. The van der Waals surface area contributed by atoms with Crippen LogP contribution in [0.4, 0.5) is 5.69 Å². The number of carbonyl (C=O) groups excluding carboxylic acids is 3. The molecule has 0 atom stereocenters. The topological polar surface area (TPSA) is 75.7 Å². The van der Waals surface area contributed by atoms with Gasteiger partial charge >= 0.3 is 0 Å². The zero-order chi connectivity index (χ0) is 16.7. The van der Waals surface area contributed by atoms with E-state index in [4.69, 9.17) is 4.74 Å². The average Bonchev–Trinajstić information content (AvgIpc) is 2.87. The van der Waals surface area contributed by atoms with E-state index in [1.807, 2.05) is 0 Å². The summed E-state index contributed by atoms with van der Waals surface area (Å²) in [5, 5.41) is 2.83. The Hall–Kier alpha value is -2.37. The van der Waals surface area contributed by atoms with Crippen molar-refractivity contribution in [3.8, 4) is 5.75 Å². The maximum atomic E-state index is 11.8. The molecule has 1 aliphatic rings. The highest BCUT2D eigenvalue weighted by molar-refractivity contribution is 6.01. The third kappa shape index (κ3) is 5.09. The zero-order valence-corrected chi connectivity index (χ0v) is 13.3. The Labute approximate surface area is 135 Å². The van der Waals surface area contributed by atoms with Gasteiger partial charge in [-0.05, 0) is 37.1 Å². The molecule has 1 aliphatic heterocycles. The fraction of sp³-hybridized carbons (Fsp3) is 0.471. The van der Waals surface area contributed by atoms with Crippen LogP contribution in [0.1, 0.15) is 38.5 Å². The van der Waals surface area contributed by atoms with Crippen molar-refractivity contribution in [2.45, 2.75) is 38.5 Å². The predicted molar refractivity (Wildman–Crippen MR) is 86.0 cm³/mol. The maximum Gasteiger partial charge on any atom is 0.229 e. The molecule has 6 heteroatoms. The molecule has 1 saturated heterocycles. The number of hydrogen-bond acceptors (Lipinski definition) is 4. The monoisotopic (exact) mass is 318 g/mol. The molecule has 1 aromatic carbocycles. The van der Waals surface area contributed by atoms with E-state index in [1.165, 1.54) is 4.90 Å². The van der Waals surface area contributed by atoms with E-state index in [-0.39, 0.29) is 17.7 Å². The van der Waals surface area contributed by atoms with Crippen LogP contribution in [-0.2, 0) is 14.4 Å². The molecule has 0 saturated carbocycles. The van der Waals surface area contributed by atoms with Gasteiger partial charge in [0.25, 0.3) is 0 Å². The lowest BCUT2D eigenvalue weighted by Crippen LogP contribution is -2.29. The summed E-state index contributed by atoms with van der Waals surface area (Å²) < 4.78 is 5.06. The number of likely N-dealkylation sites (tertiary alicyclic amines) is 1. The lowest BCUT2D eigenvalue weighted by atomic mass is 10.1. The number of hydrogen-bond donors (Lipinski definition) is 1. The summed E-state index contributed by atoms with van der Waals surface area (Å²) in [5.41, 5.74) is 0.740. The Morgan fingerprint density at radius 2 is 1.74 bits per heavy atom. The van der Waals surface area contributed by atoms with Crippen LogP contribution in [0.2, 0.25) is 0 Å². The minimum Gasteiger partial charge on any atom is -0.497 e. The van der Waals surface area contributed by atoms with Gasteiger partial charge in [0.1, 0.15) is 5.75 Å². The second kappa shape index (κ2) is 8.31. The molecular formula is C17H22N2O4. The third-order valence-corrected chi connectivity index (χ3v) is 3.81. The quantitative estimate of drug-likeness (QED) is 0.589. The molecule has 23 heavy (non-hydrogen) atoms. The molecule has 0 radical (unpaired) electrons. The maximum absolute atomic E-state index is 11.8. The third-order valence-electron chi connectivity index (χ3n) is 3.81. The lowest BCUT2D eigenvalue weighted by Gasteiger charge is -2.13. The molecule has 1 N–H and O–H groups in total. The van der Waals surface area contributed by atoms with Gasteiger partial charge in [-0.15, -0.1) is 0 Å². The number of methoxy groups -OCH3 is 1. The van der Waals surface area contributed by atoms with Crippen molar-refractivity contribution in [2.75, 3.05) is 19.0 Å². The highest BCUT2D eigenvalue weighted by Crippen LogP contribution is 2.16. The van der Waals surface area contributed by atoms with Crippen molar-refractivity contribution in [3.63, 3.8) is 0 Å². The molecule has 6 nitrogen and oxygen atoms in total. The van der Waals surface area contributed by atoms with Crippen LogP contribution in [-0.4, -0.2) is 36.3 Å². The summed E-state index contributed by atoms with van der Waals surface area (Å²) in [7, 11) is 1.59. The van der Waals surface area contributed by atoms with Crippen molar-refractivity contribution in [3.05, 3.63) is 24.3 Å². The largest absolute Gasteiger partial charge is 0.497 e. The normalized spacial score (nSPS) is 14.2. The van der Waals surface area contributed by atoms with Gasteiger partial charge in [0.15, 0.2) is 0 Å². The standard InChI is InChI=1S/C17H22N2O4/c1-23-14-8-6-13(7-9-14)18-15(20)5-3-2-4-12-19-16(21)10-11-17(19)22/h6-9H,2-5,10-12H2,1H3,(H,18,20). The second-order valence-corrected chi connectivity index (χ2v) is 5.53. The molecular weight excluding hydrogens is 296 g/mol. The van der Waals surface area contributed by atoms with E-state index in [0.29, 0.717) is 25.8 Å². The van der Waals surface area contributed by atoms with Gasteiger partial charge in [0.2, 0.25) is 17.7 Å². The first-order chi connectivity index (χ1) is 11.1. The van der Waals surface area contributed by atoms with Gasteiger partial charge in [0.05, 0.1) is 7.11 Å². The SMILES string of the molecule is COc1ccc(NC(=O)CCCCCN2C(=O)CCC2=O)cc1. The van der Waals surface area contributed by atoms with Crippen LogP contribution in [0.15, 0.2) is 24.3 Å². The number of carbonyl (C=O) groups is 3. The molecule has 1 fully saturated rings. The van der Waals surface area contributed by atoms with Crippen LogP contribution in [0.25, 0.3) is 0 Å². The summed E-state index contributed by atoms with van der Waals surface area (Å²) in [6, 6.07) is 7.17. The summed E-state index contributed by atoms with van der Waals surface area (Å²) in [6.45, 7) is 0.470. The van der Waals surface area contributed by atoms with Gasteiger partial charge in [0, 0.05) is 31.5 Å². The molecule has 0 unspecified atom stereocenters. The van der Waals surface area contributed by atoms with Crippen molar-refractivity contribution in [2.24, 2.45) is 0 Å². The van der Waals surface area contributed by atoms with Crippen LogP contribution in [0, 0.1) is 0 Å². The van der Waals surface area contributed by atoms with Crippen LogP contribution in [0.3, 0.4) is 0 Å². The van der Waals surface area contributed by atoms with Crippen LogP contribution in [0.5, 0.6) is 5.75 Å². The van der Waals surface area contributed by atoms with E-state index in [9.17, 15) is 14.4 Å². The van der Waals surface area contributed by atoms with Gasteiger partial charge in [-0.2, -0.15) is 0 Å². The molecule has 0 spiro atoms. The molecule has 1 aromatic rings. The Bertz CT molecular complexity index is 552. The predicted octanol–water partition coefficient (Wildman–Crippen LogP) is 2.34. The molecule has 0 aromatic heterocycles. The molecule has 1 heterocycles. The highest BCUT2D eigenvalue weighted by atomic mass is 16.5. The Kier molecular flexibility index (Phi) is 6.14. The first kappa shape index (κ1) is 17.0. The molecule has 2 rings (SSSR count). The lowest BCUT2D eigenvalue weighted by molar-refractivity contribution is -0.138. The molecule has 3 amide bonds. The van der Waals surface area contributed by atoms with Crippen molar-refractivity contribution in [1.29, 1.82) is 0 Å². The summed E-state index contributed by atoms with van der Waals surface area (Å²) in [6.07, 6.45) is 3.39. The molecule has 124 valence electrons. The Morgan fingerprint density at radius 1 is 1.09 bits per heavy atom. The Morgan fingerprint density at radius 3 is 2.35 bits per heavy atom. The number of unbranched alkanes of at least 4 members (excludes halogenated alkanes) is 2. The van der Waals surface area contributed by atoms with Crippen molar-refractivity contribution in [1.82, 2.24) is 4.90 Å². The first-order valence-electron chi connectivity index (χ1n) is 7.87. The summed E-state index contributed by atoms with van der Waals surface area (Å²) in [5.74, 6) is 0.553. The number of ether oxygens (including phenoxy) is 1. The van der Waals surface area contributed by atoms with E-state index >= 15 is 0 Å². The molecule has 0 aliphatic carbocycles. The minimum absolute atomic E-state index is 0.0384. The van der Waals surface area contributed by atoms with Gasteiger partial charge in [-0.1, -0.05) is 6.42 Å². The van der Waals surface area contributed by atoms with E-state index in [1.54, 1.807) is 31.4 Å². The number of rotatable bonds is 8. The smallest absolute Gasteiger partial charge is 0.229 e.